The number of pyridine rings is 4. The van der Waals surface area contributed by atoms with Crippen LogP contribution in [-0.4, -0.2) is 58.8 Å². The van der Waals surface area contributed by atoms with Gasteiger partial charge in [0.1, 0.15) is 46.9 Å². The van der Waals surface area contributed by atoms with Gasteiger partial charge in [0, 0.05) is 51.3 Å². The quantitative estimate of drug-likeness (QED) is 0.0447. The summed E-state index contributed by atoms with van der Waals surface area (Å²) >= 11 is 0. The Bertz CT molecular complexity index is 7640. The molecule has 17 nitrogen and oxygen atoms in total. The molecule has 0 saturated heterocycles. The molecule has 1 aliphatic rings. The molecule has 21 heteroatoms. The smallest absolute Gasteiger partial charge is 0.451 e. The van der Waals surface area contributed by atoms with Crippen molar-refractivity contribution in [2.24, 2.45) is 7.05 Å². The molecule has 13 heterocycles. The molecule has 1 aliphatic heterocycles. The molecule has 0 N–H and O–H groups in total. The van der Waals surface area contributed by atoms with Gasteiger partial charge >= 0.3 is 61.3 Å². The average molecular weight is 1730 g/mol. The fourth-order valence-electron chi connectivity index (χ4n) is 16.4. The summed E-state index contributed by atoms with van der Waals surface area (Å²) in [6.45, 7) is 0. The fraction of sp³-hybridized carbons (Fsp3) is 0.0297. The molecule has 24 rings (SSSR count). The molecule has 0 spiro atoms. The molecule has 0 saturated carbocycles. The first-order valence-electron chi connectivity index (χ1n) is 39.2. The SMILES string of the molecule is Cn1cc[c-][n+]1-n1ccc2ccc(-n3c4ccccc4c4ccc(-n5c6[c-]cccc6c6ccccc65)nc43)nc21.[Ni+2].[Ni+2].[Ni+2].[c-]1cccc2cccc(-c3cccc(N4c5ccccc5Oc5ccc(-n6c7[c-]cccc7c7ccccc76)nc54)n3)c12.[c-]1ccccc1C[PH+](CN(c1ccccc1)c1nc2c(-n3[c-]ccc3)coc2o1)c1ccccc1. The predicted octanol–water partition coefficient (Wildman–Crippen LogP) is 22.4. The van der Waals surface area contributed by atoms with Gasteiger partial charge in [0.25, 0.3) is 0 Å². The van der Waals surface area contributed by atoms with Crippen LogP contribution in [0.1, 0.15) is 5.56 Å². The molecule has 592 valence electrons. The number of hydrogen-bond acceptors (Lipinski definition) is 10. The number of aromatic nitrogens is 12. The minimum Gasteiger partial charge on any atom is -0.451 e. The van der Waals surface area contributed by atoms with Crippen LogP contribution in [0.5, 0.6) is 11.5 Å². The van der Waals surface area contributed by atoms with E-state index >= 15 is 0 Å². The van der Waals surface area contributed by atoms with E-state index in [1.54, 1.807) is 6.26 Å². The number of oxazole rings is 1. The van der Waals surface area contributed by atoms with E-state index in [9.17, 15) is 0 Å². The number of nitrogens with zero attached hydrogens (tertiary/aromatic N) is 14. The molecule has 0 radical (unpaired) electrons. The average Bonchev–Trinajstić information content (AvgIpc) is 1.52. The normalized spacial score (nSPS) is 11.9. The van der Waals surface area contributed by atoms with E-state index in [0.29, 0.717) is 28.9 Å². The van der Waals surface area contributed by atoms with Crippen molar-refractivity contribution in [2.75, 3.05) is 16.1 Å². The molecule has 0 amide bonds. The van der Waals surface area contributed by atoms with E-state index in [0.717, 1.165) is 152 Å². The summed E-state index contributed by atoms with van der Waals surface area (Å²) in [5.41, 5.74) is 13.4. The number of para-hydroxylation sites is 8. The van der Waals surface area contributed by atoms with Crippen LogP contribution in [0, 0.1) is 36.7 Å². The van der Waals surface area contributed by atoms with Gasteiger partial charge in [0.2, 0.25) is 5.65 Å². The second-order valence-electron chi connectivity index (χ2n) is 28.9. The Balaban J connectivity index is 0.000000120. The largest absolute Gasteiger partial charge is 2.00 e. The minimum absolute atomic E-state index is 0. The van der Waals surface area contributed by atoms with Crippen molar-refractivity contribution in [1.29, 1.82) is 0 Å². The van der Waals surface area contributed by atoms with Gasteiger partial charge in [-0.2, -0.15) is 89.9 Å². The maximum Gasteiger partial charge on any atom is 2.00 e. The third-order valence-electron chi connectivity index (χ3n) is 21.9. The van der Waals surface area contributed by atoms with Crippen molar-refractivity contribution in [3.8, 4) is 45.9 Å². The molecule has 0 aliphatic carbocycles. The van der Waals surface area contributed by atoms with Crippen molar-refractivity contribution in [1.82, 2.24) is 52.5 Å². The molecule has 122 heavy (non-hydrogen) atoms. The van der Waals surface area contributed by atoms with E-state index in [1.807, 2.05) is 184 Å². The van der Waals surface area contributed by atoms with E-state index < -0.39 is 7.92 Å². The van der Waals surface area contributed by atoms with Crippen molar-refractivity contribution < 1.29 is 67.8 Å². The summed E-state index contributed by atoms with van der Waals surface area (Å²) in [6, 6.07) is 128. The third kappa shape index (κ3) is 13.9. The number of ether oxygens (including phenoxy) is 1. The standard InChI is InChI=1S/C38H22N4O.C34H22N7.C29H22N3O2P.3Ni/c1-2-13-26-25(11-1)12-9-16-27(26)30-17-10-22-36(39-30)42-33-20-7-8-21-34(33)43-35-23-24-37(40-38(35)42)41-31-18-5-3-14-28(31)29-15-4-6-19-32(29)41;1-37-20-8-21-39(37)38-22-19-23-15-17-32(35-33(23)38)41-30-14-7-4-11-26(30)27-16-18-31(36-34(27)41)40-28-12-5-2-9-24(28)25-10-3-6-13-29(25)40;1-4-12-23(13-5-1)21-35(25-16-8-3-9-17-25)22-32(24-14-6-2-7-15-24)29-30-27-26(20-33-28(27)34-29)31-18-10-11-19-31;;;/h1-12,14-18,20-24H;2-12,14-20,22H,1H3;1-12,14-18,20H,21-22H2;;;/q-2;-1;-2;3*+2/p+1. The number of hydrogen-bond donors (Lipinski definition) is 0. The second kappa shape index (κ2) is 33.2. The van der Waals surface area contributed by atoms with Crippen LogP contribution in [0.3, 0.4) is 0 Å². The molecule has 0 bridgehead atoms. The Morgan fingerprint density at radius 2 is 1.07 bits per heavy atom. The van der Waals surface area contributed by atoms with Crippen molar-refractivity contribution in [2.45, 2.75) is 6.16 Å². The van der Waals surface area contributed by atoms with Crippen LogP contribution in [0.25, 0.3) is 133 Å². The number of benzene rings is 11. The van der Waals surface area contributed by atoms with Gasteiger partial charge in [-0.15, -0.1) is 74.4 Å². The number of anilines is 5. The topological polar surface area (TPSA) is 140 Å². The monoisotopic (exact) mass is 1730 g/mol. The second-order valence-corrected chi connectivity index (χ2v) is 31.4. The summed E-state index contributed by atoms with van der Waals surface area (Å²) < 4.78 is 30.7. The van der Waals surface area contributed by atoms with Gasteiger partial charge in [-0.25, -0.2) is 24.6 Å². The maximum atomic E-state index is 6.40. The number of aryl methyl sites for hydroxylation is 1. The summed E-state index contributed by atoms with van der Waals surface area (Å²) in [4.78, 5) is 32.0. The Hall–Kier alpha value is -14.2. The Morgan fingerprint density at radius 1 is 0.434 bits per heavy atom. The van der Waals surface area contributed by atoms with Crippen LogP contribution in [-0.2, 0) is 62.7 Å². The Morgan fingerprint density at radius 3 is 1.80 bits per heavy atom. The summed E-state index contributed by atoms with van der Waals surface area (Å²) in [5.74, 6) is 5.67. The van der Waals surface area contributed by atoms with Crippen molar-refractivity contribution in [3.05, 3.63) is 401 Å². The zero-order valence-electron chi connectivity index (χ0n) is 64.9. The first-order chi connectivity index (χ1) is 58.9. The number of fused-ring (bicyclic) bond motifs is 14. The Labute approximate surface area is 731 Å². The van der Waals surface area contributed by atoms with Crippen LogP contribution in [0.15, 0.2) is 367 Å². The predicted molar refractivity (Wildman–Crippen MR) is 473 cm³/mol. The summed E-state index contributed by atoms with van der Waals surface area (Å²) in [6.07, 6.45) is 15.6. The van der Waals surface area contributed by atoms with Gasteiger partial charge < -0.3 is 27.3 Å². The minimum atomic E-state index is -1.09. The van der Waals surface area contributed by atoms with Gasteiger partial charge in [-0.1, -0.05) is 161 Å². The summed E-state index contributed by atoms with van der Waals surface area (Å²) in [7, 11) is 0.895. The van der Waals surface area contributed by atoms with Crippen LogP contribution in [0.2, 0.25) is 0 Å². The molecular formula is C101H67N14Ni3O3P+2. The van der Waals surface area contributed by atoms with Crippen molar-refractivity contribution in [3.63, 3.8) is 0 Å². The zero-order valence-corrected chi connectivity index (χ0v) is 68.9. The third-order valence-corrected chi connectivity index (χ3v) is 24.5. The van der Waals surface area contributed by atoms with E-state index in [1.165, 1.54) is 16.3 Å². The van der Waals surface area contributed by atoms with Crippen LogP contribution < -0.4 is 24.6 Å². The van der Waals surface area contributed by atoms with Gasteiger partial charge in [0.15, 0.2) is 17.3 Å². The molecule has 12 aromatic heterocycles. The maximum absolute atomic E-state index is 6.40. The molecule has 1 unspecified atom stereocenters. The fourth-order valence-corrected chi connectivity index (χ4v) is 19.0. The Kier molecular flexibility index (Phi) is 21.1. The van der Waals surface area contributed by atoms with E-state index in [4.69, 9.17) is 38.5 Å². The van der Waals surface area contributed by atoms with Crippen LogP contribution in [0.4, 0.5) is 29.0 Å². The van der Waals surface area contributed by atoms with E-state index in [2.05, 4.69) is 254 Å². The van der Waals surface area contributed by atoms with Crippen molar-refractivity contribution >= 4 is 141 Å². The molecule has 23 aromatic rings. The van der Waals surface area contributed by atoms with Gasteiger partial charge in [-0.3, -0.25) is 14.4 Å². The number of furan rings is 1. The van der Waals surface area contributed by atoms with E-state index in [-0.39, 0.29) is 49.5 Å². The van der Waals surface area contributed by atoms with Gasteiger partial charge in [0.05, 0.1) is 43.1 Å². The zero-order chi connectivity index (χ0) is 78.9. The first kappa shape index (κ1) is 77.7. The first-order valence-corrected chi connectivity index (χ1v) is 41.1. The van der Waals surface area contributed by atoms with Gasteiger partial charge in [-0.05, 0) is 120 Å². The molecule has 11 aromatic carbocycles. The molecule has 1 atom stereocenters. The number of rotatable bonds is 14. The summed E-state index contributed by atoms with van der Waals surface area (Å²) in [5, 5.41) is 11.4. The molecular weight excluding hydrogens is 1660 g/mol. The van der Waals surface area contributed by atoms with Crippen LogP contribution >= 0.6 is 7.92 Å². The molecule has 0 fully saturated rings.